The average Bonchev–Trinajstić information content (AvgIpc) is 2.47. The summed E-state index contributed by atoms with van der Waals surface area (Å²) >= 11 is 0. The molecule has 0 spiro atoms. The first kappa shape index (κ1) is 9.31. The second-order valence-corrected chi connectivity index (χ2v) is 4.31. The lowest BCUT2D eigenvalue weighted by Gasteiger charge is -2.15. The predicted molar refractivity (Wildman–Crippen MR) is 59.6 cm³/mol. The zero-order valence-electron chi connectivity index (χ0n) is 9.18. The topological polar surface area (TPSA) is 37.0 Å². The molecule has 2 heterocycles. The summed E-state index contributed by atoms with van der Waals surface area (Å²) in [6.45, 7) is 8.53. The molecule has 1 aliphatic rings. The Morgan fingerprint density at radius 2 is 2.00 bits per heavy atom. The molecule has 1 aromatic heterocycles. The van der Waals surface area contributed by atoms with Crippen molar-refractivity contribution in [3.63, 3.8) is 0 Å². The van der Waals surface area contributed by atoms with Gasteiger partial charge in [-0.2, -0.15) is 0 Å². The molecule has 0 bridgehead atoms. The van der Waals surface area contributed by atoms with E-state index in [1.165, 1.54) is 5.56 Å². The lowest BCUT2D eigenvalue weighted by molar-refractivity contribution is 0.580. The number of pyridine rings is 1. The highest BCUT2D eigenvalue weighted by Crippen LogP contribution is 2.32. The Balaban J connectivity index is 2.35. The number of hydrogen-bond donors (Lipinski definition) is 2. The van der Waals surface area contributed by atoms with Crippen LogP contribution in [-0.4, -0.2) is 11.1 Å². The van der Waals surface area contributed by atoms with Crippen molar-refractivity contribution < 1.29 is 0 Å². The van der Waals surface area contributed by atoms with E-state index in [-0.39, 0.29) is 0 Å². The molecule has 2 N–H and O–H groups in total. The van der Waals surface area contributed by atoms with E-state index in [9.17, 15) is 0 Å². The van der Waals surface area contributed by atoms with E-state index in [4.69, 9.17) is 0 Å². The van der Waals surface area contributed by atoms with Gasteiger partial charge in [0.05, 0.1) is 5.69 Å². The minimum atomic E-state index is 0.318. The summed E-state index contributed by atoms with van der Waals surface area (Å²) in [6.07, 6.45) is 0.318. The first-order chi connectivity index (χ1) is 6.58. The van der Waals surface area contributed by atoms with Crippen LogP contribution in [0.2, 0.25) is 0 Å². The smallest absolute Gasteiger partial charge is 0.151 e. The Bertz CT molecular complexity index is 358. The second kappa shape index (κ2) is 3.15. The van der Waals surface area contributed by atoms with Crippen LogP contribution >= 0.6 is 0 Å². The van der Waals surface area contributed by atoms with Gasteiger partial charge in [0.2, 0.25) is 0 Å². The van der Waals surface area contributed by atoms with Crippen molar-refractivity contribution in [2.75, 3.05) is 10.6 Å². The summed E-state index contributed by atoms with van der Waals surface area (Å²) < 4.78 is 0. The Morgan fingerprint density at radius 1 is 1.29 bits per heavy atom. The average molecular weight is 191 g/mol. The van der Waals surface area contributed by atoms with Crippen molar-refractivity contribution in [1.29, 1.82) is 0 Å². The SMILES string of the molecule is Cc1cc(C)c2c(n1)NC(C(C)C)N2. The molecule has 76 valence electrons. The molecular formula is C11H17N3. The fourth-order valence-electron chi connectivity index (χ4n) is 1.80. The van der Waals surface area contributed by atoms with E-state index in [0.29, 0.717) is 12.1 Å². The number of fused-ring (bicyclic) bond motifs is 1. The van der Waals surface area contributed by atoms with E-state index >= 15 is 0 Å². The van der Waals surface area contributed by atoms with Crippen molar-refractivity contribution >= 4 is 11.5 Å². The fourth-order valence-corrected chi connectivity index (χ4v) is 1.80. The molecule has 1 unspecified atom stereocenters. The molecule has 0 aliphatic carbocycles. The van der Waals surface area contributed by atoms with Crippen molar-refractivity contribution in [3.8, 4) is 0 Å². The molecule has 0 radical (unpaired) electrons. The molecule has 0 saturated carbocycles. The van der Waals surface area contributed by atoms with Gasteiger partial charge in [-0.25, -0.2) is 4.98 Å². The summed E-state index contributed by atoms with van der Waals surface area (Å²) in [7, 11) is 0. The van der Waals surface area contributed by atoms with Gasteiger partial charge < -0.3 is 10.6 Å². The highest BCUT2D eigenvalue weighted by Gasteiger charge is 2.24. The highest BCUT2D eigenvalue weighted by molar-refractivity contribution is 5.74. The number of hydrogen-bond acceptors (Lipinski definition) is 3. The van der Waals surface area contributed by atoms with E-state index in [2.05, 4.69) is 42.5 Å². The van der Waals surface area contributed by atoms with Gasteiger partial charge in [0.25, 0.3) is 0 Å². The number of aryl methyl sites for hydroxylation is 2. The standard InChI is InChI=1S/C11H17N3/c1-6(2)10-13-9-7(3)5-8(4)12-11(9)14-10/h5-6,10,13H,1-4H3,(H,12,14). The van der Waals surface area contributed by atoms with E-state index < -0.39 is 0 Å². The molecule has 0 aromatic carbocycles. The van der Waals surface area contributed by atoms with Crippen molar-refractivity contribution in [2.45, 2.75) is 33.9 Å². The third-order valence-electron chi connectivity index (χ3n) is 2.60. The number of nitrogens with zero attached hydrogens (tertiary/aromatic N) is 1. The van der Waals surface area contributed by atoms with Gasteiger partial charge in [0, 0.05) is 5.69 Å². The lowest BCUT2D eigenvalue weighted by Crippen LogP contribution is -2.28. The van der Waals surface area contributed by atoms with Crippen LogP contribution in [0.4, 0.5) is 11.5 Å². The lowest BCUT2D eigenvalue weighted by atomic mass is 10.1. The van der Waals surface area contributed by atoms with Gasteiger partial charge in [-0.1, -0.05) is 13.8 Å². The number of rotatable bonds is 1. The Labute approximate surface area is 84.9 Å². The van der Waals surface area contributed by atoms with Crippen LogP contribution in [0.5, 0.6) is 0 Å². The normalized spacial score (nSPS) is 19.1. The third kappa shape index (κ3) is 1.43. The van der Waals surface area contributed by atoms with Crippen molar-refractivity contribution in [1.82, 2.24) is 4.98 Å². The van der Waals surface area contributed by atoms with Gasteiger partial charge in [-0.05, 0) is 31.4 Å². The van der Waals surface area contributed by atoms with Gasteiger partial charge >= 0.3 is 0 Å². The van der Waals surface area contributed by atoms with Gasteiger partial charge in [0.15, 0.2) is 5.82 Å². The number of nitrogens with one attached hydrogen (secondary N) is 2. The maximum atomic E-state index is 4.47. The zero-order chi connectivity index (χ0) is 10.3. The largest absolute Gasteiger partial charge is 0.362 e. The highest BCUT2D eigenvalue weighted by atomic mass is 15.2. The quantitative estimate of drug-likeness (QED) is 0.716. The number of aromatic nitrogens is 1. The van der Waals surface area contributed by atoms with E-state index in [0.717, 1.165) is 17.2 Å². The molecule has 1 aromatic rings. The van der Waals surface area contributed by atoms with Crippen LogP contribution in [0.25, 0.3) is 0 Å². The molecule has 3 nitrogen and oxygen atoms in total. The summed E-state index contributed by atoms with van der Waals surface area (Å²) in [5.41, 5.74) is 3.50. The minimum Gasteiger partial charge on any atom is -0.362 e. The van der Waals surface area contributed by atoms with Gasteiger partial charge in [-0.15, -0.1) is 0 Å². The van der Waals surface area contributed by atoms with Crippen LogP contribution < -0.4 is 10.6 Å². The fraction of sp³-hybridized carbons (Fsp3) is 0.545. The molecule has 1 aliphatic heterocycles. The second-order valence-electron chi connectivity index (χ2n) is 4.31. The van der Waals surface area contributed by atoms with E-state index in [1.54, 1.807) is 0 Å². The maximum absolute atomic E-state index is 4.47. The van der Waals surface area contributed by atoms with Crippen molar-refractivity contribution in [3.05, 3.63) is 17.3 Å². The van der Waals surface area contributed by atoms with Crippen LogP contribution in [0.3, 0.4) is 0 Å². The van der Waals surface area contributed by atoms with Crippen molar-refractivity contribution in [2.24, 2.45) is 5.92 Å². The third-order valence-corrected chi connectivity index (χ3v) is 2.60. The molecule has 0 amide bonds. The number of anilines is 2. The molecule has 3 heteroatoms. The minimum absolute atomic E-state index is 0.318. The van der Waals surface area contributed by atoms with Crippen LogP contribution in [0.1, 0.15) is 25.1 Å². The zero-order valence-corrected chi connectivity index (χ0v) is 9.18. The summed E-state index contributed by atoms with van der Waals surface area (Å²) in [5, 5.41) is 6.85. The Morgan fingerprint density at radius 3 is 2.64 bits per heavy atom. The first-order valence-corrected chi connectivity index (χ1v) is 5.09. The van der Waals surface area contributed by atoms with Gasteiger partial charge in [0.1, 0.15) is 6.17 Å². The predicted octanol–water partition coefficient (Wildman–Crippen LogP) is 2.52. The Hall–Kier alpha value is -1.25. The van der Waals surface area contributed by atoms with E-state index in [1.807, 2.05) is 6.92 Å². The maximum Gasteiger partial charge on any atom is 0.151 e. The molecular weight excluding hydrogens is 174 g/mol. The van der Waals surface area contributed by atoms with Crippen LogP contribution in [0, 0.1) is 19.8 Å². The first-order valence-electron chi connectivity index (χ1n) is 5.09. The molecule has 14 heavy (non-hydrogen) atoms. The monoisotopic (exact) mass is 191 g/mol. The van der Waals surface area contributed by atoms with Crippen LogP contribution in [-0.2, 0) is 0 Å². The summed E-state index contributed by atoms with van der Waals surface area (Å²) in [6, 6.07) is 2.11. The molecule has 2 rings (SSSR count). The Kier molecular flexibility index (Phi) is 2.10. The molecule has 1 atom stereocenters. The van der Waals surface area contributed by atoms with Crippen LogP contribution in [0.15, 0.2) is 6.07 Å². The molecule has 0 fully saturated rings. The summed E-state index contributed by atoms with van der Waals surface area (Å²) in [4.78, 5) is 4.47. The van der Waals surface area contributed by atoms with Gasteiger partial charge in [-0.3, -0.25) is 0 Å². The molecule has 0 saturated heterocycles. The summed E-state index contributed by atoms with van der Waals surface area (Å²) in [5.74, 6) is 1.56.